The van der Waals surface area contributed by atoms with E-state index in [9.17, 15) is 14.4 Å². The molecule has 1 atom stereocenters. The van der Waals surface area contributed by atoms with E-state index in [4.69, 9.17) is 10.8 Å². The summed E-state index contributed by atoms with van der Waals surface area (Å²) in [5.74, 6) is -2.38. The number of aliphatic carboxylic acids is 1. The van der Waals surface area contributed by atoms with Gasteiger partial charge in [0.2, 0.25) is 5.91 Å². The van der Waals surface area contributed by atoms with Gasteiger partial charge in [0.25, 0.3) is 5.91 Å². The molecule has 1 aromatic rings. The summed E-state index contributed by atoms with van der Waals surface area (Å²) in [5.41, 5.74) is 5.96. The number of amides is 2. The average Bonchev–Trinajstić information content (AvgIpc) is 2.34. The van der Waals surface area contributed by atoms with Gasteiger partial charge in [-0.3, -0.25) is 14.6 Å². The number of carboxylic acid groups (broad SMARTS) is 1. The molecule has 7 nitrogen and oxygen atoms in total. The fourth-order valence-corrected chi connectivity index (χ4v) is 1.39. The van der Waals surface area contributed by atoms with E-state index in [2.05, 4.69) is 10.3 Å². The molecule has 0 bridgehead atoms. The standard InChI is InChI=1S/C12H15N3O4/c1-7-2-3-8(6-14-7)11(17)15-9(12(18)19)4-5-10(13)16/h2-3,6,9H,4-5H2,1H3,(H2,13,16)(H,15,17)(H,18,19). The third kappa shape index (κ3) is 4.74. The van der Waals surface area contributed by atoms with Gasteiger partial charge in [-0.2, -0.15) is 0 Å². The van der Waals surface area contributed by atoms with E-state index in [0.29, 0.717) is 0 Å². The molecule has 4 N–H and O–H groups in total. The number of nitrogens with two attached hydrogens (primary N) is 1. The van der Waals surface area contributed by atoms with Crippen LogP contribution in [0.2, 0.25) is 0 Å². The number of rotatable bonds is 6. The summed E-state index contributed by atoms with van der Waals surface area (Å²) < 4.78 is 0. The van der Waals surface area contributed by atoms with Crippen molar-refractivity contribution in [1.82, 2.24) is 10.3 Å². The zero-order valence-electron chi connectivity index (χ0n) is 10.4. The molecule has 0 saturated heterocycles. The van der Waals surface area contributed by atoms with Crippen LogP contribution in [-0.4, -0.2) is 33.9 Å². The lowest BCUT2D eigenvalue weighted by molar-refractivity contribution is -0.139. The quantitative estimate of drug-likeness (QED) is 0.659. The summed E-state index contributed by atoms with van der Waals surface area (Å²) in [6.07, 6.45) is 1.21. The first kappa shape index (κ1) is 14.6. The summed E-state index contributed by atoms with van der Waals surface area (Å²) in [6, 6.07) is 2.04. The number of primary amides is 1. The number of carboxylic acids is 1. The zero-order valence-corrected chi connectivity index (χ0v) is 10.4. The molecule has 0 fully saturated rings. The van der Waals surface area contributed by atoms with Gasteiger partial charge in [-0.1, -0.05) is 0 Å². The summed E-state index contributed by atoms with van der Waals surface area (Å²) in [4.78, 5) is 37.3. The van der Waals surface area contributed by atoms with Gasteiger partial charge in [-0.05, 0) is 25.5 Å². The number of hydrogen-bond acceptors (Lipinski definition) is 4. The van der Waals surface area contributed by atoms with Crippen LogP contribution in [0.3, 0.4) is 0 Å². The highest BCUT2D eigenvalue weighted by Crippen LogP contribution is 2.03. The topological polar surface area (TPSA) is 122 Å². The number of pyridine rings is 1. The van der Waals surface area contributed by atoms with E-state index >= 15 is 0 Å². The Morgan fingerprint density at radius 2 is 2.11 bits per heavy atom. The highest BCUT2D eigenvalue weighted by atomic mass is 16.4. The number of hydrogen-bond donors (Lipinski definition) is 3. The first-order valence-corrected chi connectivity index (χ1v) is 5.64. The minimum atomic E-state index is -1.21. The normalized spacial score (nSPS) is 11.6. The molecule has 7 heteroatoms. The van der Waals surface area contributed by atoms with Crippen molar-refractivity contribution in [3.8, 4) is 0 Å². The molecule has 19 heavy (non-hydrogen) atoms. The van der Waals surface area contributed by atoms with Crippen molar-refractivity contribution in [1.29, 1.82) is 0 Å². The van der Waals surface area contributed by atoms with Crippen molar-refractivity contribution >= 4 is 17.8 Å². The van der Waals surface area contributed by atoms with Gasteiger partial charge in [0.05, 0.1) is 5.56 Å². The third-order valence-electron chi connectivity index (χ3n) is 2.46. The number of carbonyl (C=O) groups is 3. The number of nitrogens with zero attached hydrogens (tertiary/aromatic N) is 1. The van der Waals surface area contributed by atoms with Crippen molar-refractivity contribution in [2.45, 2.75) is 25.8 Å². The summed E-state index contributed by atoms with van der Waals surface area (Å²) in [5, 5.41) is 11.3. The fourth-order valence-electron chi connectivity index (χ4n) is 1.39. The van der Waals surface area contributed by atoms with Crippen molar-refractivity contribution < 1.29 is 19.5 Å². The molecule has 0 aliphatic heterocycles. The molecular formula is C12H15N3O4. The van der Waals surface area contributed by atoms with Crippen LogP contribution >= 0.6 is 0 Å². The van der Waals surface area contributed by atoms with Crippen molar-refractivity contribution in [2.75, 3.05) is 0 Å². The Labute approximate surface area is 109 Å². The maximum absolute atomic E-state index is 11.8. The monoisotopic (exact) mass is 265 g/mol. The molecule has 2 amide bonds. The number of aryl methyl sites for hydroxylation is 1. The molecule has 0 aliphatic rings. The molecule has 0 spiro atoms. The molecule has 1 rings (SSSR count). The average molecular weight is 265 g/mol. The SMILES string of the molecule is Cc1ccc(C(=O)NC(CCC(N)=O)C(=O)O)cn1. The molecule has 0 saturated carbocycles. The molecule has 0 radical (unpaired) electrons. The Balaban J connectivity index is 2.68. The van der Waals surface area contributed by atoms with Gasteiger partial charge in [0.15, 0.2) is 0 Å². The second kappa shape index (κ2) is 6.48. The Hall–Kier alpha value is -2.44. The lowest BCUT2D eigenvalue weighted by Gasteiger charge is -2.13. The van der Waals surface area contributed by atoms with Gasteiger partial charge < -0.3 is 16.2 Å². The Morgan fingerprint density at radius 3 is 2.58 bits per heavy atom. The van der Waals surface area contributed by atoms with E-state index in [1.54, 1.807) is 19.1 Å². The molecule has 1 heterocycles. The minimum Gasteiger partial charge on any atom is -0.480 e. The van der Waals surface area contributed by atoms with Crippen LogP contribution < -0.4 is 11.1 Å². The van der Waals surface area contributed by atoms with E-state index in [0.717, 1.165) is 5.69 Å². The maximum atomic E-state index is 11.8. The van der Waals surface area contributed by atoms with Crippen LogP contribution in [-0.2, 0) is 9.59 Å². The summed E-state index contributed by atoms with van der Waals surface area (Å²) >= 11 is 0. The predicted molar refractivity (Wildman–Crippen MR) is 66.3 cm³/mol. The molecule has 0 aliphatic carbocycles. The van der Waals surface area contributed by atoms with Crippen LogP contribution in [0.4, 0.5) is 0 Å². The third-order valence-corrected chi connectivity index (χ3v) is 2.46. The Bertz CT molecular complexity index is 484. The van der Waals surface area contributed by atoms with Crippen LogP contribution in [0.5, 0.6) is 0 Å². The van der Waals surface area contributed by atoms with Gasteiger partial charge in [0, 0.05) is 18.3 Å². The van der Waals surface area contributed by atoms with Crippen LogP contribution in [0.1, 0.15) is 28.9 Å². The van der Waals surface area contributed by atoms with Crippen LogP contribution in [0, 0.1) is 6.92 Å². The second-order valence-corrected chi connectivity index (χ2v) is 4.06. The van der Waals surface area contributed by atoms with Gasteiger partial charge in [0.1, 0.15) is 6.04 Å². The number of nitrogens with one attached hydrogen (secondary N) is 1. The van der Waals surface area contributed by atoms with Gasteiger partial charge in [-0.25, -0.2) is 4.79 Å². The Morgan fingerprint density at radius 1 is 1.42 bits per heavy atom. The number of carbonyl (C=O) groups excluding carboxylic acids is 2. The van der Waals surface area contributed by atoms with Crippen molar-refractivity contribution in [3.05, 3.63) is 29.6 Å². The van der Waals surface area contributed by atoms with E-state index in [-0.39, 0.29) is 18.4 Å². The smallest absolute Gasteiger partial charge is 0.326 e. The highest BCUT2D eigenvalue weighted by Gasteiger charge is 2.21. The molecule has 1 aromatic heterocycles. The first-order chi connectivity index (χ1) is 8.90. The van der Waals surface area contributed by atoms with Crippen LogP contribution in [0.25, 0.3) is 0 Å². The van der Waals surface area contributed by atoms with Gasteiger partial charge >= 0.3 is 5.97 Å². The predicted octanol–water partition coefficient (Wildman–Crippen LogP) is -0.161. The second-order valence-electron chi connectivity index (χ2n) is 4.06. The van der Waals surface area contributed by atoms with Crippen LogP contribution in [0.15, 0.2) is 18.3 Å². The van der Waals surface area contributed by atoms with Gasteiger partial charge in [-0.15, -0.1) is 0 Å². The summed E-state index contributed by atoms with van der Waals surface area (Å²) in [6.45, 7) is 1.77. The highest BCUT2D eigenvalue weighted by molar-refractivity contribution is 5.96. The fraction of sp³-hybridized carbons (Fsp3) is 0.333. The molecule has 0 aromatic carbocycles. The van der Waals surface area contributed by atoms with E-state index < -0.39 is 23.8 Å². The number of aromatic nitrogens is 1. The first-order valence-electron chi connectivity index (χ1n) is 5.64. The lowest BCUT2D eigenvalue weighted by Crippen LogP contribution is -2.41. The molecule has 1 unspecified atom stereocenters. The largest absolute Gasteiger partial charge is 0.480 e. The minimum absolute atomic E-state index is 0.0459. The molecular weight excluding hydrogens is 250 g/mol. The lowest BCUT2D eigenvalue weighted by atomic mass is 10.1. The maximum Gasteiger partial charge on any atom is 0.326 e. The van der Waals surface area contributed by atoms with Crippen molar-refractivity contribution in [2.24, 2.45) is 5.73 Å². The van der Waals surface area contributed by atoms with E-state index in [1.165, 1.54) is 6.20 Å². The van der Waals surface area contributed by atoms with Crippen molar-refractivity contribution in [3.63, 3.8) is 0 Å². The zero-order chi connectivity index (χ0) is 14.4. The Kier molecular flexibility index (Phi) is 4.99. The molecule has 102 valence electrons. The van der Waals surface area contributed by atoms with E-state index in [1.807, 2.05) is 0 Å². The summed E-state index contributed by atoms with van der Waals surface area (Å²) in [7, 11) is 0.